The molecule has 0 saturated carbocycles. The summed E-state index contributed by atoms with van der Waals surface area (Å²) in [4.78, 5) is 4.07. The summed E-state index contributed by atoms with van der Waals surface area (Å²) in [6.45, 7) is 2.16. The second-order valence-corrected chi connectivity index (χ2v) is 5.06. The number of benzene rings is 2. The van der Waals surface area contributed by atoms with Crippen LogP contribution in [0.4, 0.5) is 5.69 Å². The Kier molecular flexibility index (Phi) is 3.97. The average molecular weight is 274 g/mol. The van der Waals surface area contributed by atoms with Crippen LogP contribution in [0.5, 0.6) is 0 Å². The lowest BCUT2D eigenvalue weighted by Gasteiger charge is -2.18. The maximum Gasteiger partial charge on any atom is 0.0486 e. The van der Waals surface area contributed by atoms with Crippen LogP contribution in [0.1, 0.15) is 18.5 Å². The zero-order chi connectivity index (χ0) is 14.5. The van der Waals surface area contributed by atoms with Crippen molar-refractivity contribution in [1.82, 2.24) is 4.98 Å². The zero-order valence-electron chi connectivity index (χ0n) is 12.0. The van der Waals surface area contributed by atoms with E-state index in [1.165, 1.54) is 16.7 Å². The van der Waals surface area contributed by atoms with Crippen LogP contribution in [-0.2, 0) is 0 Å². The molecule has 3 aromatic rings. The van der Waals surface area contributed by atoms with Crippen molar-refractivity contribution in [2.24, 2.45) is 0 Å². The van der Waals surface area contributed by atoms with Gasteiger partial charge < -0.3 is 5.32 Å². The molecule has 1 heterocycles. The van der Waals surface area contributed by atoms with E-state index in [0.717, 1.165) is 5.69 Å². The number of rotatable bonds is 4. The lowest BCUT2D eigenvalue weighted by molar-refractivity contribution is 0.881. The van der Waals surface area contributed by atoms with Crippen molar-refractivity contribution >= 4 is 5.69 Å². The van der Waals surface area contributed by atoms with E-state index < -0.39 is 0 Å². The fraction of sp³-hybridized carbons (Fsp3) is 0.105. The van der Waals surface area contributed by atoms with E-state index >= 15 is 0 Å². The molecule has 104 valence electrons. The molecule has 1 aromatic heterocycles. The molecule has 0 radical (unpaired) electrons. The van der Waals surface area contributed by atoms with Gasteiger partial charge in [0.05, 0.1) is 0 Å². The summed E-state index contributed by atoms with van der Waals surface area (Å²) in [6.07, 6.45) is 3.66. The predicted molar refractivity (Wildman–Crippen MR) is 88.2 cm³/mol. The molecule has 0 fully saturated rings. The number of hydrogen-bond donors (Lipinski definition) is 1. The predicted octanol–water partition coefficient (Wildman–Crippen LogP) is 4.92. The van der Waals surface area contributed by atoms with Crippen LogP contribution >= 0.6 is 0 Å². The van der Waals surface area contributed by atoms with Gasteiger partial charge in [0.1, 0.15) is 0 Å². The van der Waals surface area contributed by atoms with Gasteiger partial charge in [-0.3, -0.25) is 4.98 Å². The summed E-state index contributed by atoms with van der Waals surface area (Å²) >= 11 is 0. The molecule has 0 spiro atoms. The second-order valence-electron chi connectivity index (χ2n) is 5.06. The van der Waals surface area contributed by atoms with E-state index in [-0.39, 0.29) is 6.04 Å². The summed E-state index contributed by atoms with van der Waals surface area (Å²) in [6, 6.07) is 23.2. The van der Waals surface area contributed by atoms with Crippen molar-refractivity contribution < 1.29 is 0 Å². The number of pyridine rings is 1. The van der Waals surface area contributed by atoms with E-state index in [9.17, 15) is 0 Å². The number of anilines is 1. The topological polar surface area (TPSA) is 24.9 Å². The molecule has 0 bridgehead atoms. The van der Waals surface area contributed by atoms with Crippen LogP contribution in [0.25, 0.3) is 11.1 Å². The maximum absolute atomic E-state index is 4.07. The van der Waals surface area contributed by atoms with Gasteiger partial charge in [0.15, 0.2) is 0 Å². The third-order valence-corrected chi connectivity index (χ3v) is 3.59. The molecule has 1 unspecified atom stereocenters. The first-order chi connectivity index (χ1) is 10.3. The first-order valence-corrected chi connectivity index (χ1v) is 7.15. The highest BCUT2D eigenvalue weighted by atomic mass is 14.9. The molecule has 0 aliphatic carbocycles. The molecule has 2 heteroatoms. The summed E-state index contributed by atoms with van der Waals surface area (Å²) in [7, 11) is 0. The first kappa shape index (κ1) is 13.4. The Hall–Kier alpha value is -2.61. The molecule has 0 saturated heterocycles. The van der Waals surface area contributed by atoms with Crippen molar-refractivity contribution in [3.05, 3.63) is 84.7 Å². The third-order valence-electron chi connectivity index (χ3n) is 3.59. The van der Waals surface area contributed by atoms with E-state index in [4.69, 9.17) is 0 Å². The Morgan fingerprint density at radius 1 is 0.810 bits per heavy atom. The Bertz CT molecular complexity index is 693. The minimum Gasteiger partial charge on any atom is -0.378 e. The first-order valence-electron chi connectivity index (χ1n) is 7.15. The second kappa shape index (κ2) is 6.23. The van der Waals surface area contributed by atoms with E-state index in [1.807, 2.05) is 30.6 Å². The van der Waals surface area contributed by atoms with Gasteiger partial charge in [-0.15, -0.1) is 0 Å². The quantitative estimate of drug-likeness (QED) is 0.730. The number of aromatic nitrogens is 1. The number of para-hydroxylation sites is 1. The lowest BCUT2D eigenvalue weighted by atomic mass is 10.0. The average Bonchev–Trinajstić information content (AvgIpc) is 2.57. The Morgan fingerprint density at radius 3 is 2.24 bits per heavy atom. The highest BCUT2D eigenvalue weighted by molar-refractivity contribution is 5.78. The van der Waals surface area contributed by atoms with E-state index in [1.54, 1.807) is 0 Å². The van der Waals surface area contributed by atoms with Crippen LogP contribution in [0.15, 0.2) is 79.1 Å². The fourth-order valence-electron chi connectivity index (χ4n) is 2.45. The summed E-state index contributed by atoms with van der Waals surface area (Å²) in [5, 5.41) is 3.60. The van der Waals surface area contributed by atoms with Gasteiger partial charge in [-0.1, -0.05) is 48.5 Å². The van der Waals surface area contributed by atoms with Crippen molar-refractivity contribution in [2.75, 3.05) is 5.32 Å². The molecule has 1 N–H and O–H groups in total. The molecule has 21 heavy (non-hydrogen) atoms. The van der Waals surface area contributed by atoms with Crippen LogP contribution < -0.4 is 5.32 Å². The molecule has 3 rings (SSSR count). The summed E-state index contributed by atoms with van der Waals surface area (Å²) in [5.41, 5.74) is 4.82. The van der Waals surface area contributed by atoms with Gasteiger partial charge in [0.2, 0.25) is 0 Å². The van der Waals surface area contributed by atoms with Gasteiger partial charge in [-0.05, 0) is 36.2 Å². The molecule has 0 aliphatic heterocycles. The number of hydrogen-bond acceptors (Lipinski definition) is 2. The summed E-state index contributed by atoms with van der Waals surface area (Å²) < 4.78 is 0. The molecular weight excluding hydrogens is 256 g/mol. The fourth-order valence-corrected chi connectivity index (χ4v) is 2.45. The third kappa shape index (κ3) is 3.11. The lowest BCUT2D eigenvalue weighted by Crippen LogP contribution is -2.07. The molecule has 0 amide bonds. The smallest absolute Gasteiger partial charge is 0.0486 e. The van der Waals surface area contributed by atoms with Crippen LogP contribution in [0.2, 0.25) is 0 Å². The number of nitrogens with one attached hydrogen (secondary N) is 1. The maximum atomic E-state index is 4.07. The van der Waals surface area contributed by atoms with Crippen molar-refractivity contribution in [1.29, 1.82) is 0 Å². The zero-order valence-corrected chi connectivity index (χ0v) is 12.0. The van der Waals surface area contributed by atoms with Crippen LogP contribution in [-0.4, -0.2) is 4.98 Å². The molecule has 0 aliphatic rings. The highest BCUT2D eigenvalue weighted by Crippen LogP contribution is 2.30. The number of nitrogens with zero attached hydrogens (tertiary/aromatic N) is 1. The van der Waals surface area contributed by atoms with Gasteiger partial charge in [0.25, 0.3) is 0 Å². The van der Waals surface area contributed by atoms with Crippen LogP contribution in [0.3, 0.4) is 0 Å². The van der Waals surface area contributed by atoms with E-state index in [0.29, 0.717) is 0 Å². The van der Waals surface area contributed by atoms with E-state index in [2.05, 4.69) is 65.8 Å². The minimum absolute atomic E-state index is 0.234. The SMILES string of the molecule is CC(Nc1ccccc1-c1ccccc1)c1ccncc1. The Morgan fingerprint density at radius 2 is 1.48 bits per heavy atom. The van der Waals surface area contributed by atoms with Crippen molar-refractivity contribution in [2.45, 2.75) is 13.0 Å². The highest BCUT2D eigenvalue weighted by Gasteiger charge is 2.08. The largest absolute Gasteiger partial charge is 0.378 e. The minimum atomic E-state index is 0.234. The Balaban J connectivity index is 1.90. The van der Waals surface area contributed by atoms with Gasteiger partial charge in [-0.2, -0.15) is 0 Å². The van der Waals surface area contributed by atoms with Gasteiger partial charge in [0, 0.05) is 29.7 Å². The van der Waals surface area contributed by atoms with Gasteiger partial charge in [-0.25, -0.2) is 0 Å². The molecule has 1 atom stereocenters. The Labute approximate surface area is 125 Å². The van der Waals surface area contributed by atoms with Crippen LogP contribution in [0, 0.1) is 0 Å². The molecule has 2 nitrogen and oxygen atoms in total. The molecule has 2 aromatic carbocycles. The standard InChI is InChI=1S/C19H18N2/c1-15(16-11-13-20-14-12-16)21-19-10-6-5-9-18(19)17-7-3-2-4-8-17/h2-15,21H,1H3. The monoisotopic (exact) mass is 274 g/mol. The summed E-state index contributed by atoms with van der Waals surface area (Å²) in [5.74, 6) is 0. The van der Waals surface area contributed by atoms with Crippen molar-refractivity contribution in [3.8, 4) is 11.1 Å². The molecular formula is C19H18N2. The van der Waals surface area contributed by atoms with Crippen molar-refractivity contribution in [3.63, 3.8) is 0 Å². The van der Waals surface area contributed by atoms with Gasteiger partial charge >= 0.3 is 0 Å². The normalized spacial score (nSPS) is 11.9.